The second-order valence-corrected chi connectivity index (χ2v) is 5.35. The lowest BCUT2D eigenvalue weighted by molar-refractivity contribution is 0.435. The zero-order valence-electron chi connectivity index (χ0n) is 11.7. The number of nitrogens with zero attached hydrogens (tertiary/aromatic N) is 2. The Morgan fingerprint density at radius 2 is 2.26 bits per heavy atom. The third-order valence-electron chi connectivity index (χ3n) is 3.98. The molecule has 102 valence electrons. The molecular formula is C16H23N3. The first-order valence-electron chi connectivity index (χ1n) is 7.28. The Kier molecular flexibility index (Phi) is 4.68. The van der Waals surface area contributed by atoms with Crippen LogP contribution in [0.25, 0.3) is 0 Å². The van der Waals surface area contributed by atoms with Crippen LogP contribution in [0.5, 0.6) is 0 Å². The summed E-state index contributed by atoms with van der Waals surface area (Å²) in [7, 11) is 0. The summed E-state index contributed by atoms with van der Waals surface area (Å²) in [4.78, 5) is 2.51. The molecule has 2 rings (SSSR count). The van der Waals surface area contributed by atoms with E-state index in [0.29, 0.717) is 12.5 Å². The van der Waals surface area contributed by atoms with E-state index in [4.69, 9.17) is 11.0 Å². The SMILES string of the molecule is CCCC1CCCCN1c1ccc(N)c(CC#N)c1. The van der Waals surface area contributed by atoms with Crippen LogP contribution in [0.1, 0.15) is 44.6 Å². The minimum Gasteiger partial charge on any atom is -0.398 e. The summed E-state index contributed by atoms with van der Waals surface area (Å²) in [6, 6.07) is 8.99. The maximum Gasteiger partial charge on any atom is 0.0670 e. The molecule has 1 atom stereocenters. The fourth-order valence-electron chi connectivity index (χ4n) is 2.98. The zero-order valence-corrected chi connectivity index (χ0v) is 11.7. The van der Waals surface area contributed by atoms with E-state index in [1.165, 1.54) is 37.8 Å². The summed E-state index contributed by atoms with van der Waals surface area (Å²) in [5.41, 5.74) is 8.85. The van der Waals surface area contributed by atoms with Gasteiger partial charge in [0.05, 0.1) is 12.5 Å². The molecule has 0 aromatic heterocycles. The summed E-state index contributed by atoms with van der Waals surface area (Å²) < 4.78 is 0. The number of rotatable bonds is 4. The molecule has 0 amide bonds. The van der Waals surface area contributed by atoms with E-state index >= 15 is 0 Å². The van der Waals surface area contributed by atoms with E-state index in [2.05, 4.69) is 30.0 Å². The number of piperidine rings is 1. The number of hydrogen-bond donors (Lipinski definition) is 1. The average molecular weight is 257 g/mol. The number of nitrogen functional groups attached to an aromatic ring is 1. The van der Waals surface area contributed by atoms with Gasteiger partial charge in [-0.1, -0.05) is 13.3 Å². The highest BCUT2D eigenvalue weighted by Crippen LogP contribution is 2.29. The Morgan fingerprint density at radius 1 is 1.42 bits per heavy atom. The van der Waals surface area contributed by atoms with Crippen LogP contribution >= 0.6 is 0 Å². The normalized spacial score (nSPS) is 19.2. The monoisotopic (exact) mass is 257 g/mol. The fourth-order valence-corrected chi connectivity index (χ4v) is 2.98. The van der Waals surface area contributed by atoms with Gasteiger partial charge in [0.15, 0.2) is 0 Å². The fraction of sp³-hybridized carbons (Fsp3) is 0.562. The van der Waals surface area contributed by atoms with Crippen LogP contribution in [0, 0.1) is 11.3 Å². The smallest absolute Gasteiger partial charge is 0.0670 e. The van der Waals surface area contributed by atoms with Crippen molar-refractivity contribution in [3.8, 4) is 6.07 Å². The van der Waals surface area contributed by atoms with Gasteiger partial charge in [0.2, 0.25) is 0 Å². The third-order valence-corrected chi connectivity index (χ3v) is 3.98. The molecule has 1 saturated heterocycles. The van der Waals surface area contributed by atoms with Crippen LogP contribution in [0.15, 0.2) is 18.2 Å². The van der Waals surface area contributed by atoms with Crippen molar-refractivity contribution < 1.29 is 0 Å². The highest BCUT2D eigenvalue weighted by Gasteiger charge is 2.22. The lowest BCUT2D eigenvalue weighted by Gasteiger charge is -2.38. The first-order chi connectivity index (χ1) is 9.26. The second kappa shape index (κ2) is 6.47. The molecular weight excluding hydrogens is 234 g/mol. The number of nitriles is 1. The average Bonchev–Trinajstić information content (AvgIpc) is 2.43. The third kappa shape index (κ3) is 3.20. The van der Waals surface area contributed by atoms with Crippen LogP contribution in [-0.4, -0.2) is 12.6 Å². The topological polar surface area (TPSA) is 53.0 Å². The van der Waals surface area contributed by atoms with Gasteiger partial charge in [-0.25, -0.2) is 0 Å². The summed E-state index contributed by atoms with van der Waals surface area (Å²) >= 11 is 0. The second-order valence-electron chi connectivity index (χ2n) is 5.35. The zero-order chi connectivity index (χ0) is 13.7. The molecule has 2 N–H and O–H groups in total. The number of nitrogens with two attached hydrogens (primary N) is 1. The van der Waals surface area contributed by atoms with Gasteiger partial charge in [-0.2, -0.15) is 5.26 Å². The summed E-state index contributed by atoms with van der Waals surface area (Å²) in [5.74, 6) is 0. The maximum atomic E-state index is 8.86. The maximum absolute atomic E-state index is 8.86. The van der Waals surface area contributed by atoms with Crippen molar-refractivity contribution in [2.75, 3.05) is 17.2 Å². The highest BCUT2D eigenvalue weighted by molar-refractivity contribution is 5.59. The van der Waals surface area contributed by atoms with Gasteiger partial charge in [0.25, 0.3) is 0 Å². The standard InChI is InChI=1S/C16H23N3/c1-2-5-14-6-3-4-11-19(14)15-7-8-16(18)13(12-15)9-10-17/h7-8,12,14H,2-6,9,11,18H2,1H3. The van der Waals surface area contributed by atoms with E-state index in [-0.39, 0.29) is 0 Å². The van der Waals surface area contributed by atoms with Gasteiger partial charge < -0.3 is 10.6 Å². The predicted molar refractivity (Wildman–Crippen MR) is 80.1 cm³/mol. The van der Waals surface area contributed by atoms with Crippen molar-refractivity contribution in [2.24, 2.45) is 0 Å². The minimum atomic E-state index is 0.395. The summed E-state index contributed by atoms with van der Waals surface area (Å²) in [5, 5.41) is 8.86. The molecule has 1 aliphatic heterocycles. The van der Waals surface area contributed by atoms with Gasteiger partial charge in [-0.3, -0.25) is 0 Å². The molecule has 1 unspecified atom stereocenters. The molecule has 1 heterocycles. The van der Waals surface area contributed by atoms with Crippen molar-refractivity contribution in [2.45, 2.75) is 51.5 Å². The van der Waals surface area contributed by atoms with Crippen molar-refractivity contribution in [3.05, 3.63) is 23.8 Å². The van der Waals surface area contributed by atoms with Crippen LogP contribution < -0.4 is 10.6 Å². The van der Waals surface area contributed by atoms with Crippen LogP contribution in [0.4, 0.5) is 11.4 Å². The van der Waals surface area contributed by atoms with Gasteiger partial charge >= 0.3 is 0 Å². The molecule has 0 aliphatic carbocycles. The Bertz CT molecular complexity index is 460. The van der Waals surface area contributed by atoms with Crippen molar-refractivity contribution in [1.29, 1.82) is 5.26 Å². The Hall–Kier alpha value is -1.69. The Morgan fingerprint density at radius 3 is 3.00 bits per heavy atom. The van der Waals surface area contributed by atoms with Crippen molar-refractivity contribution in [1.82, 2.24) is 0 Å². The quantitative estimate of drug-likeness (QED) is 0.840. The minimum absolute atomic E-state index is 0.395. The van der Waals surface area contributed by atoms with Gasteiger partial charge in [-0.05, 0) is 49.4 Å². The lowest BCUT2D eigenvalue weighted by Crippen LogP contribution is -2.39. The van der Waals surface area contributed by atoms with Crippen molar-refractivity contribution in [3.63, 3.8) is 0 Å². The first kappa shape index (κ1) is 13.7. The Labute approximate surface area is 116 Å². The van der Waals surface area contributed by atoms with E-state index in [9.17, 15) is 0 Å². The molecule has 1 aliphatic rings. The molecule has 1 aromatic carbocycles. The highest BCUT2D eigenvalue weighted by atomic mass is 15.2. The van der Waals surface area contributed by atoms with E-state index in [1.54, 1.807) is 0 Å². The molecule has 3 nitrogen and oxygen atoms in total. The van der Waals surface area contributed by atoms with E-state index in [0.717, 1.165) is 17.8 Å². The molecule has 19 heavy (non-hydrogen) atoms. The van der Waals surface area contributed by atoms with Crippen LogP contribution in [-0.2, 0) is 6.42 Å². The van der Waals surface area contributed by atoms with Crippen LogP contribution in [0.3, 0.4) is 0 Å². The van der Waals surface area contributed by atoms with Crippen LogP contribution in [0.2, 0.25) is 0 Å². The lowest BCUT2D eigenvalue weighted by atomic mass is 9.97. The largest absolute Gasteiger partial charge is 0.398 e. The number of anilines is 2. The van der Waals surface area contributed by atoms with E-state index < -0.39 is 0 Å². The first-order valence-corrected chi connectivity index (χ1v) is 7.28. The number of benzene rings is 1. The molecule has 0 spiro atoms. The Balaban J connectivity index is 2.23. The van der Waals surface area contributed by atoms with E-state index in [1.807, 2.05) is 6.07 Å². The van der Waals surface area contributed by atoms with Gasteiger partial charge in [0.1, 0.15) is 0 Å². The molecule has 0 radical (unpaired) electrons. The molecule has 0 bridgehead atoms. The number of hydrogen-bond acceptors (Lipinski definition) is 3. The molecule has 1 fully saturated rings. The van der Waals surface area contributed by atoms with Gasteiger partial charge in [0, 0.05) is 24.0 Å². The predicted octanol–water partition coefficient (Wildman–Crippen LogP) is 3.49. The van der Waals surface area contributed by atoms with Crippen molar-refractivity contribution >= 4 is 11.4 Å². The molecule has 0 saturated carbocycles. The molecule has 3 heteroatoms. The summed E-state index contributed by atoms with van der Waals surface area (Å²) in [6.45, 7) is 3.37. The summed E-state index contributed by atoms with van der Waals surface area (Å²) in [6.07, 6.45) is 6.75. The molecule has 1 aromatic rings. The van der Waals surface area contributed by atoms with Gasteiger partial charge in [-0.15, -0.1) is 0 Å².